The lowest BCUT2D eigenvalue weighted by molar-refractivity contribution is -0.154. The van der Waals surface area contributed by atoms with E-state index >= 15 is 0 Å². The molecule has 1 amide bonds. The zero-order chi connectivity index (χ0) is 18.9. The maximum Gasteiger partial charge on any atom is 0.422 e. The van der Waals surface area contributed by atoms with Crippen molar-refractivity contribution in [2.45, 2.75) is 44.3 Å². The highest BCUT2D eigenvalue weighted by atomic mass is 32.1. The molecule has 26 heavy (non-hydrogen) atoms. The first-order chi connectivity index (χ1) is 12.2. The molecular weight excluding hydrogens is 367 g/mol. The van der Waals surface area contributed by atoms with Gasteiger partial charge in [0.05, 0.1) is 5.54 Å². The number of pyridine rings is 1. The van der Waals surface area contributed by atoms with Crippen molar-refractivity contribution in [2.24, 2.45) is 0 Å². The van der Waals surface area contributed by atoms with Crippen LogP contribution in [0, 0.1) is 0 Å². The molecule has 0 aliphatic heterocycles. The number of amides is 1. The molecule has 0 spiro atoms. The molecule has 0 radical (unpaired) electrons. The largest absolute Gasteiger partial charge is 0.468 e. The lowest BCUT2D eigenvalue weighted by atomic mass is 10.1. The summed E-state index contributed by atoms with van der Waals surface area (Å²) in [6, 6.07) is 3.14. The van der Waals surface area contributed by atoms with Crippen LogP contribution in [0.25, 0.3) is 0 Å². The van der Waals surface area contributed by atoms with E-state index < -0.39 is 24.2 Å². The molecule has 0 aromatic carbocycles. The number of aromatic nitrogens is 2. The molecule has 3 rings (SSSR count). The van der Waals surface area contributed by atoms with Crippen molar-refractivity contribution in [2.75, 3.05) is 6.61 Å². The van der Waals surface area contributed by atoms with Gasteiger partial charge in [0.15, 0.2) is 6.61 Å². The van der Waals surface area contributed by atoms with Crippen LogP contribution in [0.2, 0.25) is 0 Å². The van der Waals surface area contributed by atoms with Gasteiger partial charge in [-0.2, -0.15) is 13.2 Å². The van der Waals surface area contributed by atoms with Crippen LogP contribution in [-0.4, -0.2) is 28.7 Å². The summed E-state index contributed by atoms with van der Waals surface area (Å²) < 4.78 is 42.3. The summed E-state index contributed by atoms with van der Waals surface area (Å²) >= 11 is 1.40. The highest BCUT2D eigenvalue weighted by Gasteiger charge is 2.33. The van der Waals surface area contributed by atoms with Crippen molar-refractivity contribution in [1.29, 1.82) is 0 Å². The third kappa shape index (κ3) is 4.51. The van der Waals surface area contributed by atoms with E-state index in [2.05, 4.69) is 15.3 Å². The van der Waals surface area contributed by atoms with Gasteiger partial charge < -0.3 is 10.1 Å². The van der Waals surface area contributed by atoms with E-state index in [0.717, 1.165) is 12.8 Å². The van der Waals surface area contributed by atoms with Gasteiger partial charge in [0.25, 0.3) is 5.91 Å². The fourth-order valence-corrected chi connectivity index (χ4v) is 3.20. The maximum absolute atomic E-state index is 12.5. The number of hydrogen-bond acceptors (Lipinski definition) is 5. The van der Waals surface area contributed by atoms with Crippen molar-refractivity contribution in [3.05, 3.63) is 40.0 Å². The van der Waals surface area contributed by atoms with Crippen LogP contribution in [0.4, 0.5) is 13.2 Å². The Bertz CT molecular complexity index is 787. The lowest BCUT2D eigenvalue weighted by Gasteiger charge is -2.23. The molecule has 1 fully saturated rings. The predicted octanol–water partition coefficient (Wildman–Crippen LogP) is 4.02. The summed E-state index contributed by atoms with van der Waals surface area (Å²) in [5.41, 5.74) is -0.101. The Morgan fingerprint density at radius 1 is 1.35 bits per heavy atom. The van der Waals surface area contributed by atoms with Crippen LogP contribution in [0.5, 0.6) is 5.88 Å². The van der Waals surface area contributed by atoms with Gasteiger partial charge in [-0.3, -0.25) is 4.79 Å². The molecule has 2 aromatic rings. The summed E-state index contributed by atoms with van der Waals surface area (Å²) in [5.74, 6) is -0.469. The van der Waals surface area contributed by atoms with Crippen LogP contribution in [-0.2, 0) is 5.54 Å². The Balaban J connectivity index is 1.79. The summed E-state index contributed by atoms with van der Waals surface area (Å²) in [4.78, 5) is 20.8. The SMILES string of the molecule is CC(C)(NC(=O)c1ccc(C2CC2)c(OCC(F)(F)F)n1)c1nccs1. The van der Waals surface area contributed by atoms with Gasteiger partial charge in [-0.15, -0.1) is 11.3 Å². The molecule has 1 saturated carbocycles. The Kier molecular flexibility index (Phi) is 4.92. The minimum atomic E-state index is -4.46. The third-order valence-electron chi connectivity index (χ3n) is 3.91. The molecule has 140 valence electrons. The van der Waals surface area contributed by atoms with E-state index in [1.165, 1.54) is 17.4 Å². The van der Waals surface area contributed by atoms with E-state index in [4.69, 9.17) is 4.74 Å². The topological polar surface area (TPSA) is 64.1 Å². The van der Waals surface area contributed by atoms with Crippen molar-refractivity contribution in [3.8, 4) is 5.88 Å². The molecular formula is C17H18F3N3O2S. The van der Waals surface area contributed by atoms with Gasteiger partial charge >= 0.3 is 6.18 Å². The first kappa shape index (κ1) is 18.6. The average Bonchev–Trinajstić information content (AvgIpc) is 3.23. The maximum atomic E-state index is 12.5. The molecule has 1 aliphatic rings. The molecule has 0 atom stereocenters. The average molecular weight is 385 g/mol. The Labute approximate surface area is 152 Å². The smallest absolute Gasteiger partial charge is 0.422 e. The van der Waals surface area contributed by atoms with Crippen LogP contribution in [0.1, 0.15) is 53.7 Å². The van der Waals surface area contributed by atoms with E-state index in [1.54, 1.807) is 31.5 Å². The van der Waals surface area contributed by atoms with Crippen LogP contribution in [0.3, 0.4) is 0 Å². The van der Waals surface area contributed by atoms with Gasteiger partial charge in [-0.05, 0) is 38.7 Å². The van der Waals surface area contributed by atoms with Crippen LogP contribution in [0.15, 0.2) is 23.7 Å². The molecule has 2 aromatic heterocycles. The zero-order valence-electron chi connectivity index (χ0n) is 14.3. The second kappa shape index (κ2) is 6.86. The number of rotatable bonds is 6. The van der Waals surface area contributed by atoms with Crippen LogP contribution >= 0.6 is 11.3 Å². The number of carbonyl (C=O) groups is 1. The second-order valence-corrected chi connectivity index (χ2v) is 7.58. The molecule has 1 aliphatic carbocycles. The monoisotopic (exact) mass is 385 g/mol. The normalized spacial score (nSPS) is 15.0. The van der Waals surface area contributed by atoms with Gasteiger partial charge in [0, 0.05) is 17.1 Å². The summed E-state index contributed by atoms with van der Waals surface area (Å²) in [7, 11) is 0. The number of ether oxygens (including phenoxy) is 1. The molecule has 0 unspecified atom stereocenters. The number of alkyl halides is 3. The number of thiazole rings is 1. The van der Waals surface area contributed by atoms with Crippen molar-refractivity contribution in [1.82, 2.24) is 15.3 Å². The molecule has 0 bridgehead atoms. The number of halogens is 3. The second-order valence-electron chi connectivity index (χ2n) is 6.69. The molecule has 0 saturated heterocycles. The summed E-state index contributed by atoms with van der Waals surface area (Å²) in [6.45, 7) is 2.15. The Hall–Kier alpha value is -2.16. The molecule has 2 heterocycles. The van der Waals surface area contributed by atoms with E-state index in [1.807, 2.05) is 0 Å². The first-order valence-corrected chi connectivity index (χ1v) is 8.97. The Morgan fingerprint density at radius 2 is 2.08 bits per heavy atom. The minimum absolute atomic E-state index is 0.0104. The third-order valence-corrected chi connectivity index (χ3v) is 5.00. The van der Waals surface area contributed by atoms with Crippen LogP contribution < -0.4 is 10.1 Å². The Morgan fingerprint density at radius 3 is 2.65 bits per heavy atom. The highest BCUT2D eigenvalue weighted by Crippen LogP contribution is 2.44. The lowest BCUT2D eigenvalue weighted by Crippen LogP contribution is -2.41. The van der Waals surface area contributed by atoms with Crippen molar-refractivity contribution < 1.29 is 22.7 Å². The van der Waals surface area contributed by atoms with Gasteiger partial charge in [-0.1, -0.05) is 6.07 Å². The van der Waals surface area contributed by atoms with E-state index in [9.17, 15) is 18.0 Å². The van der Waals surface area contributed by atoms with Crippen molar-refractivity contribution >= 4 is 17.2 Å². The summed E-state index contributed by atoms with van der Waals surface area (Å²) in [6.07, 6.45) is -1.06. The standard InChI is InChI=1S/C17H18F3N3O2S/c1-16(2,15-21-7-8-26-15)23-13(24)12-6-5-11(10-3-4-10)14(22-12)25-9-17(18,19)20/h5-8,10H,3-4,9H2,1-2H3,(H,23,24). The van der Waals surface area contributed by atoms with Gasteiger partial charge in [0.2, 0.25) is 5.88 Å². The van der Waals surface area contributed by atoms with Gasteiger partial charge in [-0.25, -0.2) is 9.97 Å². The minimum Gasteiger partial charge on any atom is -0.468 e. The summed E-state index contributed by atoms with van der Waals surface area (Å²) in [5, 5.41) is 5.32. The van der Waals surface area contributed by atoms with Crippen molar-refractivity contribution in [3.63, 3.8) is 0 Å². The quantitative estimate of drug-likeness (QED) is 0.816. The highest BCUT2D eigenvalue weighted by molar-refractivity contribution is 7.09. The predicted molar refractivity (Wildman–Crippen MR) is 90.4 cm³/mol. The fourth-order valence-electron chi connectivity index (χ4n) is 2.48. The number of nitrogens with zero attached hydrogens (tertiary/aromatic N) is 2. The van der Waals surface area contributed by atoms with Gasteiger partial charge in [0.1, 0.15) is 10.7 Å². The van der Waals surface area contributed by atoms with E-state index in [0.29, 0.717) is 10.6 Å². The fraction of sp³-hybridized carbons (Fsp3) is 0.471. The molecule has 9 heteroatoms. The number of carbonyl (C=O) groups excluding carboxylic acids is 1. The molecule has 1 N–H and O–H groups in total. The zero-order valence-corrected chi connectivity index (χ0v) is 15.1. The van der Waals surface area contributed by atoms with E-state index in [-0.39, 0.29) is 17.5 Å². The number of nitrogens with one attached hydrogen (secondary N) is 1. The number of hydrogen-bond donors (Lipinski definition) is 1. The molecule has 5 nitrogen and oxygen atoms in total. The first-order valence-electron chi connectivity index (χ1n) is 8.09.